The third-order valence-electron chi connectivity index (χ3n) is 4.45. The fraction of sp³-hybridized carbons (Fsp3) is 0.208. The van der Waals surface area contributed by atoms with Crippen molar-refractivity contribution in [2.45, 2.75) is 20.1 Å². The van der Waals surface area contributed by atoms with Gasteiger partial charge in [0.2, 0.25) is 0 Å². The lowest BCUT2D eigenvalue weighted by molar-refractivity contribution is 0.101. The lowest BCUT2D eigenvalue weighted by Crippen LogP contribution is -2.03. The first-order valence-electron chi connectivity index (χ1n) is 9.25. The number of carbonyl (C=O) groups is 1. The number of carbonyl (C=O) groups excluding carboxylic acids is 1. The predicted molar refractivity (Wildman–Crippen MR) is 111 cm³/mol. The van der Waals surface area contributed by atoms with Crippen LogP contribution in [-0.4, -0.2) is 20.0 Å². The van der Waals surface area contributed by atoms with Crippen molar-refractivity contribution in [3.63, 3.8) is 0 Å². The maximum atomic E-state index is 12.0. The molecule has 0 fully saturated rings. The largest absolute Gasteiger partial charge is 0.497 e. The van der Waals surface area contributed by atoms with Gasteiger partial charge >= 0.3 is 0 Å². The molecule has 0 bridgehead atoms. The molecule has 3 aromatic rings. The first-order valence-corrected chi connectivity index (χ1v) is 9.25. The highest BCUT2D eigenvalue weighted by Gasteiger charge is 2.11. The van der Waals surface area contributed by atoms with Crippen LogP contribution in [0.2, 0.25) is 0 Å². The van der Waals surface area contributed by atoms with Crippen LogP contribution in [0.4, 0.5) is 0 Å². The van der Waals surface area contributed by atoms with Crippen LogP contribution in [-0.2, 0) is 13.2 Å². The number of ketones is 1. The van der Waals surface area contributed by atoms with Crippen LogP contribution < -0.4 is 18.9 Å². The summed E-state index contributed by atoms with van der Waals surface area (Å²) in [7, 11) is 3.26. The Morgan fingerprint density at radius 3 is 1.66 bits per heavy atom. The first kappa shape index (κ1) is 20.3. The molecule has 0 saturated carbocycles. The second-order valence-electron chi connectivity index (χ2n) is 6.49. The van der Waals surface area contributed by atoms with E-state index >= 15 is 0 Å². The van der Waals surface area contributed by atoms with Gasteiger partial charge in [0.1, 0.15) is 36.2 Å². The molecular formula is C24H24O5. The molecular weight excluding hydrogens is 368 g/mol. The zero-order chi connectivity index (χ0) is 20.6. The van der Waals surface area contributed by atoms with E-state index < -0.39 is 0 Å². The second-order valence-corrected chi connectivity index (χ2v) is 6.49. The fourth-order valence-corrected chi connectivity index (χ4v) is 2.77. The van der Waals surface area contributed by atoms with Crippen LogP contribution in [0.15, 0.2) is 66.7 Å². The van der Waals surface area contributed by atoms with E-state index in [0.29, 0.717) is 30.3 Å². The minimum Gasteiger partial charge on any atom is -0.497 e. The maximum Gasteiger partial charge on any atom is 0.163 e. The van der Waals surface area contributed by atoms with Gasteiger partial charge in [-0.1, -0.05) is 24.3 Å². The SMILES string of the molecule is COc1ccc(COc2ccc(C(C)=O)c(OCc3ccc(OC)cc3)c2)cc1. The Kier molecular flexibility index (Phi) is 6.74. The van der Waals surface area contributed by atoms with Gasteiger partial charge in [-0.25, -0.2) is 0 Å². The molecule has 3 aromatic carbocycles. The second kappa shape index (κ2) is 9.64. The van der Waals surface area contributed by atoms with Crippen molar-refractivity contribution in [3.05, 3.63) is 83.4 Å². The van der Waals surface area contributed by atoms with Crippen LogP contribution in [0, 0.1) is 0 Å². The average Bonchev–Trinajstić information content (AvgIpc) is 2.76. The van der Waals surface area contributed by atoms with E-state index in [-0.39, 0.29) is 5.78 Å². The van der Waals surface area contributed by atoms with Crippen molar-refractivity contribution in [3.8, 4) is 23.0 Å². The van der Waals surface area contributed by atoms with Gasteiger partial charge in [0.15, 0.2) is 5.78 Å². The quantitative estimate of drug-likeness (QED) is 0.476. The van der Waals surface area contributed by atoms with Gasteiger partial charge in [0.25, 0.3) is 0 Å². The zero-order valence-electron chi connectivity index (χ0n) is 16.8. The van der Waals surface area contributed by atoms with Crippen molar-refractivity contribution >= 4 is 5.78 Å². The van der Waals surface area contributed by atoms with Crippen molar-refractivity contribution in [2.75, 3.05) is 14.2 Å². The topological polar surface area (TPSA) is 54.0 Å². The van der Waals surface area contributed by atoms with E-state index in [1.165, 1.54) is 6.92 Å². The summed E-state index contributed by atoms with van der Waals surface area (Å²) in [4.78, 5) is 12.0. The van der Waals surface area contributed by atoms with Crippen molar-refractivity contribution in [1.82, 2.24) is 0 Å². The van der Waals surface area contributed by atoms with Crippen molar-refractivity contribution < 1.29 is 23.7 Å². The monoisotopic (exact) mass is 392 g/mol. The Labute approximate surface area is 170 Å². The number of rotatable bonds is 9. The van der Waals surface area contributed by atoms with Gasteiger partial charge in [0, 0.05) is 6.07 Å². The summed E-state index contributed by atoms with van der Waals surface area (Å²) >= 11 is 0. The Bertz CT molecular complexity index is 946. The standard InChI is InChI=1S/C24H24O5/c1-17(25)23-13-12-22(28-15-18-4-8-20(26-2)9-5-18)14-24(23)29-16-19-6-10-21(27-3)11-7-19/h4-14H,15-16H2,1-3H3. The first-order chi connectivity index (χ1) is 14.1. The Morgan fingerprint density at radius 2 is 1.17 bits per heavy atom. The molecule has 29 heavy (non-hydrogen) atoms. The highest BCUT2D eigenvalue weighted by atomic mass is 16.5. The van der Waals surface area contributed by atoms with Gasteiger partial charge in [-0.15, -0.1) is 0 Å². The van der Waals surface area contributed by atoms with Crippen LogP contribution in [0.25, 0.3) is 0 Å². The summed E-state index contributed by atoms with van der Waals surface area (Å²) in [5.74, 6) is 2.66. The summed E-state index contributed by atoms with van der Waals surface area (Å²) < 4.78 is 22.1. The van der Waals surface area contributed by atoms with Gasteiger partial charge in [-0.2, -0.15) is 0 Å². The molecule has 0 N–H and O–H groups in total. The number of Topliss-reactive ketones (excluding diaryl/α,β-unsaturated/α-hetero) is 1. The van der Waals surface area contributed by atoms with Gasteiger partial charge in [0.05, 0.1) is 19.8 Å². The predicted octanol–water partition coefficient (Wildman–Crippen LogP) is 5.06. The molecule has 0 heterocycles. The molecule has 0 aliphatic carbocycles. The molecule has 0 unspecified atom stereocenters. The lowest BCUT2D eigenvalue weighted by atomic mass is 10.1. The maximum absolute atomic E-state index is 12.0. The Balaban J connectivity index is 1.69. The summed E-state index contributed by atoms with van der Waals surface area (Å²) in [5.41, 5.74) is 2.52. The number of hydrogen-bond acceptors (Lipinski definition) is 5. The van der Waals surface area contributed by atoms with Crippen molar-refractivity contribution in [1.29, 1.82) is 0 Å². The van der Waals surface area contributed by atoms with Crippen LogP contribution in [0.5, 0.6) is 23.0 Å². The third-order valence-corrected chi connectivity index (χ3v) is 4.45. The lowest BCUT2D eigenvalue weighted by Gasteiger charge is -2.13. The van der Waals surface area contributed by atoms with Gasteiger partial charge < -0.3 is 18.9 Å². The van der Waals surface area contributed by atoms with E-state index in [4.69, 9.17) is 18.9 Å². The summed E-state index contributed by atoms with van der Waals surface area (Å²) in [5, 5.41) is 0. The number of methoxy groups -OCH3 is 2. The zero-order valence-corrected chi connectivity index (χ0v) is 16.8. The number of ether oxygens (including phenoxy) is 4. The fourth-order valence-electron chi connectivity index (χ4n) is 2.77. The van der Waals surface area contributed by atoms with Gasteiger partial charge in [-0.3, -0.25) is 4.79 Å². The molecule has 0 amide bonds. The molecule has 3 rings (SSSR count). The summed E-state index contributed by atoms with van der Waals surface area (Å²) in [6.07, 6.45) is 0. The summed E-state index contributed by atoms with van der Waals surface area (Å²) in [6, 6.07) is 20.5. The van der Waals surface area contributed by atoms with Crippen LogP contribution >= 0.6 is 0 Å². The number of benzene rings is 3. The molecule has 0 aliphatic heterocycles. The molecule has 0 aromatic heterocycles. The van der Waals surface area contributed by atoms with E-state index in [9.17, 15) is 4.79 Å². The highest BCUT2D eigenvalue weighted by molar-refractivity contribution is 5.97. The van der Waals surface area contributed by atoms with E-state index in [1.54, 1.807) is 32.4 Å². The van der Waals surface area contributed by atoms with Crippen molar-refractivity contribution in [2.24, 2.45) is 0 Å². The summed E-state index contributed by atoms with van der Waals surface area (Å²) in [6.45, 7) is 2.26. The highest BCUT2D eigenvalue weighted by Crippen LogP contribution is 2.27. The molecule has 150 valence electrons. The molecule has 5 heteroatoms. The molecule has 0 atom stereocenters. The van der Waals surface area contributed by atoms with E-state index in [0.717, 1.165) is 22.6 Å². The minimum absolute atomic E-state index is 0.0589. The number of hydrogen-bond donors (Lipinski definition) is 0. The Hall–Kier alpha value is -3.47. The molecule has 5 nitrogen and oxygen atoms in total. The molecule has 0 aliphatic rings. The van der Waals surface area contributed by atoms with Crippen LogP contribution in [0.1, 0.15) is 28.4 Å². The minimum atomic E-state index is -0.0589. The van der Waals surface area contributed by atoms with E-state index in [2.05, 4.69) is 0 Å². The normalized spacial score (nSPS) is 10.3. The smallest absolute Gasteiger partial charge is 0.163 e. The van der Waals surface area contributed by atoms with E-state index in [1.807, 2.05) is 48.5 Å². The average molecular weight is 392 g/mol. The van der Waals surface area contributed by atoms with Crippen LogP contribution in [0.3, 0.4) is 0 Å². The Morgan fingerprint density at radius 1 is 0.690 bits per heavy atom. The molecule has 0 radical (unpaired) electrons. The molecule has 0 saturated heterocycles. The molecule has 0 spiro atoms. The van der Waals surface area contributed by atoms with Gasteiger partial charge in [-0.05, 0) is 54.4 Å². The third kappa shape index (κ3) is 5.51.